The van der Waals surface area contributed by atoms with E-state index in [1.165, 1.54) is 9.60 Å². The number of amides is 2. The molecule has 0 saturated carbocycles. The first-order valence-electron chi connectivity index (χ1n) is 9.72. The van der Waals surface area contributed by atoms with Crippen LogP contribution in [0.2, 0.25) is 0 Å². The fourth-order valence-corrected chi connectivity index (χ4v) is 4.80. The molecule has 1 N–H and O–H groups in total. The van der Waals surface area contributed by atoms with Crippen LogP contribution < -0.4 is 5.32 Å². The molecule has 2 heterocycles. The predicted molar refractivity (Wildman–Crippen MR) is 116 cm³/mol. The van der Waals surface area contributed by atoms with Crippen LogP contribution in [0.1, 0.15) is 34.2 Å². The van der Waals surface area contributed by atoms with Crippen LogP contribution in [-0.4, -0.2) is 53.8 Å². The average Bonchev–Trinajstić information content (AvgIpc) is 3.34. The monoisotopic (exact) mass is 408 g/mol. The van der Waals surface area contributed by atoms with Crippen molar-refractivity contribution in [3.8, 4) is 0 Å². The summed E-state index contributed by atoms with van der Waals surface area (Å²) in [6.07, 6.45) is 2.09. The van der Waals surface area contributed by atoms with Crippen LogP contribution in [0.25, 0.3) is 10.2 Å². The molecule has 0 spiro atoms. The predicted octanol–water partition coefficient (Wildman–Crippen LogP) is 3.77. The summed E-state index contributed by atoms with van der Waals surface area (Å²) in [6, 6.07) is 15.4. The molecule has 0 bridgehead atoms. The first-order valence-corrected chi connectivity index (χ1v) is 10.5. The fraction of sp³-hybridized carbons (Fsp3) is 0.318. The van der Waals surface area contributed by atoms with Gasteiger partial charge in [-0.25, -0.2) is 4.98 Å². The second kappa shape index (κ2) is 8.31. The lowest BCUT2D eigenvalue weighted by Gasteiger charge is -2.22. The van der Waals surface area contributed by atoms with Gasteiger partial charge < -0.3 is 10.2 Å². The van der Waals surface area contributed by atoms with Crippen molar-refractivity contribution < 1.29 is 9.59 Å². The van der Waals surface area contributed by atoms with Gasteiger partial charge in [-0.1, -0.05) is 12.1 Å². The largest absolute Gasteiger partial charge is 0.345 e. The van der Waals surface area contributed by atoms with E-state index in [0.29, 0.717) is 17.8 Å². The van der Waals surface area contributed by atoms with Crippen LogP contribution >= 0.6 is 11.3 Å². The third kappa shape index (κ3) is 4.31. The number of carbonyl (C=O) groups is 2. The lowest BCUT2D eigenvalue weighted by atomic mass is 10.2. The van der Waals surface area contributed by atoms with E-state index in [4.69, 9.17) is 4.98 Å². The zero-order valence-electron chi connectivity index (χ0n) is 16.6. The SMILES string of the molecule is CN(C)C(=O)c1ccc(NC(=O)CN2CCCC2c2nc3ccccc3s2)cc1. The first-order chi connectivity index (χ1) is 14.0. The molecule has 1 saturated heterocycles. The molecule has 2 amide bonds. The van der Waals surface area contributed by atoms with Crippen molar-refractivity contribution in [2.24, 2.45) is 0 Å². The van der Waals surface area contributed by atoms with Crippen LogP contribution in [0.4, 0.5) is 5.69 Å². The average molecular weight is 409 g/mol. The molecule has 0 aliphatic carbocycles. The topological polar surface area (TPSA) is 65.5 Å². The van der Waals surface area contributed by atoms with Crippen molar-refractivity contribution in [2.75, 3.05) is 32.5 Å². The van der Waals surface area contributed by atoms with E-state index >= 15 is 0 Å². The van der Waals surface area contributed by atoms with Gasteiger partial charge >= 0.3 is 0 Å². The van der Waals surface area contributed by atoms with Crippen molar-refractivity contribution in [1.82, 2.24) is 14.8 Å². The maximum atomic E-state index is 12.6. The third-order valence-electron chi connectivity index (χ3n) is 5.13. The van der Waals surface area contributed by atoms with Crippen molar-refractivity contribution in [3.63, 3.8) is 0 Å². The second-order valence-electron chi connectivity index (χ2n) is 7.47. The number of hydrogen-bond donors (Lipinski definition) is 1. The Kier molecular flexibility index (Phi) is 5.60. The Bertz CT molecular complexity index is 996. The van der Waals surface area contributed by atoms with E-state index in [1.54, 1.807) is 49.7 Å². The molecule has 3 aromatic rings. The molecular weight excluding hydrogens is 384 g/mol. The van der Waals surface area contributed by atoms with Crippen LogP contribution in [0.5, 0.6) is 0 Å². The van der Waals surface area contributed by atoms with Gasteiger partial charge in [0.25, 0.3) is 5.91 Å². The van der Waals surface area contributed by atoms with Gasteiger partial charge in [0, 0.05) is 25.3 Å². The van der Waals surface area contributed by atoms with Crippen LogP contribution in [0.3, 0.4) is 0 Å². The molecule has 4 rings (SSSR count). The number of hydrogen-bond acceptors (Lipinski definition) is 5. The van der Waals surface area contributed by atoms with Crippen molar-refractivity contribution in [3.05, 3.63) is 59.1 Å². The summed E-state index contributed by atoms with van der Waals surface area (Å²) in [5.74, 6) is -0.108. The molecule has 6 nitrogen and oxygen atoms in total. The van der Waals surface area contributed by atoms with E-state index in [-0.39, 0.29) is 17.9 Å². The zero-order valence-corrected chi connectivity index (χ0v) is 17.4. The van der Waals surface area contributed by atoms with Gasteiger partial charge in [0.1, 0.15) is 5.01 Å². The van der Waals surface area contributed by atoms with Crippen molar-refractivity contribution >= 4 is 39.1 Å². The minimum Gasteiger partial charge on any atom is -0.345 e. The van der Waals surface area contributed by atoms with Gasteiger partial charge in [-0.3, -0.25) is 14.5 Å². The zero-order chi connectivity index (χ0) is 20.4. The molecule has 1 atom stereocenters. The highest BCUT2D eigenvalue weighted by molar-refractivity contribution is 7.18. The molecule has 2 aromatic carbocycles. The van der Waals surface area contributed by atoms with Gasteiger partial charge in [0.05, 0.1) is 22.8 Å². The van der Waals surface area contributed by atoms with Gasteiger partial charge in [-0.15, -0.1) is 11.3 Å². The molecule has 1 fully saturated rings. The number of benzene rings is 2. The molecular formula is C22H24N4O2S. The maximum Gasteiger partial charge on any atom is 0.253 e. The number of fused-ring (bicyclic) bond motifs is 1. The molecule has 1 aliphatic heterocycles. The Morgan fingerprint density at radius 1 is 1.17 bits per heavy atom. The molecule has 29 heavy (non-hydrogen) atoms. The van der Waals surface area contributed by atoms with Gasteiger partial charge in [0.15, 0.2) is 0 Å². The van der Waals surface area contributed by atoms with E-state index in [9.17, 15) is 9.59 Å². The van der Waals surface area contributed by atoms with Gasteiger partial charge in [-0.2, -0.15) is 0 Å². The van der Waals surface area contributed by atoms with E-state index in [0.717, 1.165) is 29.9 Å². The summed E-state index contributed by atoms with van der Waals surface area (Å²) in [5, 5.41) is 4.03. The molecule has 1 aromatic heterocycles. The minimum atomic E-state index is -0.0568. The van der Waals surface area contributed by atoms with Crippen LogP contribution in [0, 0.1) is 0 Å². The molecule has 0 radical (unpaired) electrons. The Morgan fingerprint density at radius 2 is 1.93 bits per heavy atom. The highest BCUT2D eigenvalue weighted by Crippen LogP contribution is 2.36. The van der Waals surface area contributed by atoms with Crippen molar-refractivity contribution in [1.29, 1.82) is 0 Å². The van der Waals surface area contributed by atoms with Gasteiger partial charge in [0.2, 0.25) is 5.91 Å². The number of rotatable bonds is 5. The second-order valence-corrected chi connectivity index (χ2v) is 8.54. The smallest absolute Gasteiger partial charge is 0.253 e. The summed E-state index contributed by atoms with van der Waals surface area (Å²) in [6.45, 7) is 1.23. The van der Waals surface area contributed by atoms with Crippen LogP contribution in [0.15, 0.2) is 48.5 Å². The summed E-state index contributed by atoms with van der Waals surface area (Å²) in [7, 11) is 3.44. The maximum absolute atomic E-state index is 12.6. The lowest BCUT2D eigenvalue weighted by molar-refractivity contribution is -0.117. The Labute approximate surface area is 174 Å². The molecule has 150 valence electrons. The van der Waals surface area contributed by atoms with Crippen LogP contribution in [-0.2, 0) is 4.79 Å². The number of nitrogens with zero attached hydrogens (tertiary/aromatic N) is 3. The standard InChI is InChI=1S/C22H24N4O2S/c1-25(2)22(28)15-9-11-16(12-10-15)23-20(27)14-26-13-5-7-18(26)21-24-17-6-3-4-8-19(17)29-21/h3-4,6,8-12,18H,5,7,13-14H2,1-2H3,(H,23,27). The molecule has 1 unspecified atom stereocenters. The van der Waals surface area contributed by atoms with E-state index in [2.05, 4.69) is 16.3 Å². The van der Waals surface area contributed by atoms with Crippen molar-refractivity contribution in [2.45, 2.75) is 18.9 Å². The highest BCUT2D eigenvalue weighted by Gasteiger charge is 2.30. The number of carbonyl (C=O) groups excluding carboxylic acids is 2. The van der Waals surface area contributed by atoms with E-state index < -0.39 is 0 Å². The number of thiazole rings is 1. The number of para-hydroxylation sites is 1. The highest BCUT2D eigenvalue weighted by atomic mass is 32.1. The summed E-state index contributed by atoms with van der Waals surface area (Å²) >= 11 is 1.72. The number of likely N-dealkylation sites (tertiary alicyclic amines) is 1. The first kappa shape index (κ1) is 19.5. The van der Waals surface area contributed by atoms with E-state index in [1.807, 2.05) is 18.2 Å². The Balaban J connectivity index is 1.40. The number of nitrogens with one attached hydrogen (secondary N) is 1. The number of aromatic nitrogens is 1. The van der Waals surface area contributed by atoms with Gasteiger partial charge in [-0.05, 0) is 55.8 Å². The number of anilines is 1. The Hall–Kier alpha value is -2.77. The fourth-order valence-electron chi connectivity index (χ4n) is 3.67. The Morgan fingerprint density at radius 3 is 2.66 bits per heavy atom. The third-order valence-corrected chi connectivity index (χ3v) is 6.27. The summed E-state index contributed by atoms with van der Waals surface area (Å²) in [5.41, 5.74) is 2.32. The minimum absolute atomic E-state index is 0.0512. The quantitative estimate of drug-likeness (QED) is 0.698. The molecule has 1 aliphatic rings. The lowest BCUT2D eigenvalue weighted by Crippen LogP contribution is -2.32. The summed E-state index contributed by atoms with van der Waals surface area (Å²) < 4.78 is 1.19. The summed E-state index contributed by atoms with van der Waals surface area (Å²) in [4.78, 5) is 33.1. The normalized spacial score (nSPS) is 16.8. The molecule has 7 heteroatoms.